The third-order valence-electron chi connectivity index (χ3n) is 6.71. The van der Waals surface area contributed by atoms with Crippen LogP contribution in [0.15, 0.2) is 0 Å². The van der Waals surface area contributed by atoms with E-state index in [4.69, 9.17) is 16.3 Å². The van der Waals surface area contributed by atoms with E-state index in [1.807, 2.05) is 0 Å². The Kier molecular flexibility index (Phi) is 28.6. The molecule has 0 bridgehead atoms. The van der Waals surface area contributed by atoms with E-state index in [1.54, 1.807) is 0 Å². The normalized spacial score (nSPS) is 11.2. The van der Waals surface area contributed by atoms with Crippen LogP contribution in [-0.4, -0.2) is 12.0 Å². The zero-order valence-corrected chi connectivity index (χ0v) is 22.5. The van der Waals surface area contributed by atoms with E-state index >= 15 is 0 Å². The van der Waals surface area contributed by atoms with Crippen molar-refractivity contribution in [2.24, 2.45) is 0 Å². The lowest BCUT2D eigenvalue weighted by atomic mass is 10.0. The van der Waals surface area contributed by atoms with Gasteiger partial charge < -0.3 is 4.74 Å². The second-order valence-corrected chi connectivity index (χ2v) is 10.2. The number of carbonyl (C=O) groups is 1. The van der Waals surface area contributed by atoms with Gasteiger partial charge in [-0.25, -0.2) is 4.79 Å². The molecular weight excluding hydrogens is 416 g/mol. The molecule has 0 heterocycles. The van der Waals surface area contributed by atoms with Gasteiger partial charge in [-0.05, 0) is 6.42 Å². The number of hydrogen-bond acceptors (Lipinski definition) is 2. The van der Waals surface area contributed by atoms with Crippen LogP contribution in [-0.2, 0) is 4.74 Å². The minimum Gasteiger partial charge on any atom is -0.454 e. The summed E-state index contributed by atoms with van der Waals surface area (Å²) in [7, 11) is 0. The van der Waals surface area contributed by atoms with Gasteiger partial charge in [0, 0.05) is 11.6 Å². The number of unbranched alkanes of at least 4 members (excludes halogenated alkanes) is 25. The van der Waals surface area contributed by atoms with Gasteiger partial charge in [0.25, 0.3) is 0 Å². The van der Waals surface area contributed by atoms with Crippen LogP contribution < -0.4 is 0 Å². The lowest BCUT2D eigenvalue weighted by Crippen LogP contribution is -1.96. The van der Waals surface area contributed by atoms with Crippen molar-refractivity contribution in [1.82, 2.24) is 0 Å². The molecule has 0 rings (SSSR count). The fourth-order valence-corrected chi connectivity index (χ4v) is 4.65. The van der Waals surface area contributed by atoms with Gasteiger partial charge in [0.1, 0.15) is 0 Å². The Morgan fingerprint density at radius 2 is 0.656 bits per heavy atom. The summed E-state index contributed by atoms with van der Waals surface area (Å²) in [5.74, 6) is 0. The quantitative estimate of drug-likeness (QED) is 0.0876. The average Bonchev–Trinajstić information content (AvgIpc) is 2.78. The van der Waals surface area contributed by atoms with E-state index in [2.05, 4.69) is 6.92 Å². The Balaban J connectivity index is 3.00. The van der Waals surface area contributed by atoms with Crippen molar-refractivity contribution in [3.8, 4) is 0 Å². The number of carbonyl (C=O) groups excluding carboxylic acids is 1. The Bertz CT molecular complexity index is 359. The number of halogens is 1. The summed E-state index contributed by atoms with van der Waals surface area (Å²) >= 11 is 5.13. The lowest BCUT2D eigenvalue weighted by molar-refractivity contribution is 0.170. The van der Waals surface area contributed by atoms with Gasteiger partial charge in [-0.3, -0.25) is 0 Å². The summed E-state index contributed by atoms with van der Waals surface area (Å²) < 4.78 is 4.72. The second-order valence-electron chi connectivity index (χ2n) is 9.92. The molecule has 0 spiro atoms. The molecule has 0 aliphatic carbocycles. The lowest BCUT2D eigenvalue weighted by Gasteiger charge is -2.04. The predicted molar refractivity (Wildman–Crippen MR) is 143 cm³/mol. The second kappa shape index (κ2) is 28.8. The molecule has 0 aliphatic rings. The van der Waals surface area contributed by atoms with E-state index in [1.165, 1.54) is 154 Å². The molecule has 0 aliphatic heterocycles. The minimum atomic E-state index is -0.676. The maximum absolute atomic E-state index is 10.4. The standard InChI is InChI=1S/C29H57ClO2/c1-2-3-4-5-6-7-8-9-10-11-12-13-14-15-16-17-18-19-20-21-22-23-24-25-26-27-28-32-29(30)31/h2-28H2,1H3. The number of hydrogen-bond donors (Lipinski definition) is 0. The van der Waals surface area contributed by atoms with Crippen molar-refractivity contribution in [3.63, 3.8) is 0 Å². The summed E-state index contributed by atoms with van der Waals surface area (Å²) in [6, 6.07) is 0. The Morgan fingerprint density at radius 3 is 0.875 bits per heavy atom. The first kappa shape index (κ1) is 31.8. The SMILES string of the molecule is CCCCCCCCCCCCCCCCCCCCCCCCCCCCOC(=O)Cl. The van der Waals surface area contributed by atoms with E-state index in [-0.39, 0.29) is 0 Å². The maximum atomic E-state index is 10.4. The Labute approximate surface area is 207 Å². The molecule has 0 aromatic heterocycles. The van der Waals surface area contributed by atoms with Crippen molar-refractivity contribution >= 4 is 17.0 Å². The van der Waals surface area contributed by atoms with Crippen LogP contribution in [0.4, 0.5) is 4.79 Å². The fraction of sp³-hybridized carbons (Fsp3) is 0.966. The van der Waals surface area contributed by atoms with Crippen molar-refractivity contribution in [3.05, 3.63) is 0 Å². The van der Waals surface area contributed by atoms with Crippen LogP contribution in [0.1, 0.15) is 174 Å². The van der Waals surface area contributed by atoms with Crippen LogP contribution in [0.2, 0.25) is 0 Å². The van der Waals surface area contributed by atoms with Gasteiger partial charge in [0.2, 0.25) is 0 Å². The summed E-state index contributed by atoms with van der Waals surface area (Å²) in [5, 5.41) is 0. The monoisotopic (exact) mass is 472 g/mol. The molecule has 32 heavy (non-hydrogen) atoms. The molecule has 0 amide bonds. The largest absolute Gasteiger partial charge is 0.454 e. The van der Waals surface area contributed by atoms with Gasteiger partial charge in [-0.2, -0.15) is 0 Å². The van der Waals surface area contributed by atoms with Gasteiger partial charge in [0.05, 0.1) is 6.61 Å². The average molecular weight is 473 g/mol. The molecule has 0 N–H and O–H groups in total. The highest BCUT2D eigenvalue weighted by atomic mass is 35.5. The van der Waals surface area contributed by atoms with E-state index in [0.717, 1.165) is 12.8 Å². The van der Waals surface area contributed by atoms with Crippen molar-refractivity contribution in [1.29, 1.82) is 0 Å². The molecule has 0 unspecified atom stereocenters. The van der Waals surface area contributed by atoms with Gasteiger partial charge in [-0.15, -0.1) is 0 Å². The van der Waals surface area contributed by atoms with Gasteiger partial charge >= 0.3 is 5.43 Å². The van der Waals surface area contributed by atoms with Crippen LogP contribution in [0.3, 0.4) is 0 Å². The molecule has 3 heteroatoms. The van der Waals surface area contributed by atoms with Crippen LogP contribution >= 0.6 is 11.6 Å². The maximum Gasteiger partial charge on any atom is 0.403 e. The smallest absolute Gasteiger partial charge is 0.403 e. The molecule has 2 nitrogen and oxygen atoms in total. The molecule has 0 fully saturated rings. The van der Waals surface area contributed by atoms with Gasteiger partial charge in [0.15, 0.2) is 0 Å². The predicted octanol–water partition coefficient (Wildman–Crippen LogP) is 11.5. The molecule has 0 atom stereocenters. The van der Waals surface area contributed by atoms with Crippen LogP contribution in [0.5, 0.6) is 0 Å². The molecular formula is C29H57ClO2. The molecule has 192 valence electrons. The van der Waals surface area contributed by atoms with E-state index in [0.29, 0.717) is 6.61 Å². The van der Waals surface area contributed by atoms with E-state index < -0.39 is 5.43 Å². The highest BCUT2D eigenvalue weighted by Crippen LogP contribution is 2.16. The fourth-order valence-electron chi connectivity index (χ4n) is 4.57. The molecule has 0 saturated carbocycles. The molecule has 0 aromatic carbocycles. The highest BCUT2D eigenvalue weighted by molar-refractivity contribution is 6.61. The molecule has 0 saturated heterocycles. The summed E-state index contributed by atoms with van der Waals surface area (Å²) in [6.45, 7) is 2.77. The first-order valence-corrected chi connectivity index (χ1v) is 15.0. The molecule has 0 radical (unpaired) electrons. The zero-order valence-electron chi connectivity index (χ0n) is 21.8. The minimum absolute atomic E-state index is 0.474. The zero-order chi connectivity index (χ0) is 23.4. The highest BCUT2D eigenvalue weighted by Gasteiger charge is 1.97. The first-order valence-electron chi connectivity index (χ1n) is 14.6. The Morgan fingerprint density at radius 1 is 0.438 bits per heavy atom. The molecule has 0 aromatic rings. The third-order valence-corrected chi connectivity index (χ3v) is 6.82. The van der Waals surface area contributed by atoms with E-state index in [9.17, 15) is 4.79 Å². The summed E-state index contributed by atoms with van der Waals surface area (Å²) in [4.78, 5) is 10.4. The summed E-state index contributed by atoms with van der Waals surface area (Å²) in [6.07, 6.45) is 36.4. The van der Waals surface area contributed by atoms with Crippen molar-refractivity contribution in [2.45, 2.75) is 174 Å². The van der Waals surface area contributed by atoms with Gasteiger partial charge in [-0.1, -0.05) is 167 Å². The summed E-state index contributed by atoms with van der Waals surface area (Å²) in [5.41, 5.74) is -0.676. The topological polar surface area (TPSA) is 26.3 Å². The number of rotatable bonds is 27. The first-order chi connectivity index (χ1) is 15.8. The van der Waals surface area contributed by atoms with Crippen LogP contribution in [0.25, 0.3) is 0 Å². The van der Waals surface area contributed by atoms with Crippen molar-refractivity contribution in [2.75, 3.05) is 6.61 Å². The van der Waals surface area contributed by atoms with Crippen molar-refractivity contribution < 1.29 is 9.53 Å². The third kappa shape index (κ3) is 29.8. The Hall–Kier alpha value is -0.240. The van der Waals surface area contributed by atoms with Crippen LogP contribution in [0, 0.1) is 0 Å². The number of ether oxygens (including phenoxy) is 1.